The van der Waals surface area contributed by atoms with Crippen LogP contribution >= 0.6 is 0 Å². The maximum absolute atomic E-state index is 11.0. The monoisotopic (exact) mass is 220 g/mol. The minimum Gasteiger partial charge on any atom is -0.504 e. The van der Waals surface area contributed by atoms with E-state index in [-0.39, 0.29) is 5.75 Å². The Balaban J connectivity index is 2.81. The van der Waals surface area contributed by atoms with Crippen molar-refractivity contribution in [1.29, 1.82) is 0 Å². The molecule has 0 atom stereocenters. The summed E-state index contributed by atoms with van der Waals surface area (Å²) < 4.78 is 9.43. The Labute approximate surface area is 93.4 Å². The second-order valence-electron chi connectivity index (χ2n) is 2.87. The van der Waals surface area contributed by atoms with E-state index < -0.39 is 5.97 Å². The highest BCUT2D eigenvalue weighted by atomic mass is 16.5. The summed E-state index contributed by atoms with van der Waals surface area (Å²) in [5, 5.41) is 9.34. The summed E-state index contributed by atoms with van der Waals surface area (Å²) in [7, 11) is 1.45. The zero-order chi connectivity index (χ0) is 12.0. The number of ether oxygens (including phenoxy) is 2. The van der Waals surface area contributed by atoms with E-state index in [1.807, 2.05) is 0 Å². The summed E-state index contributed by atoms with van der Waals surface area (Å²) in [5.41, 5.74) is 0.718. The Morgan fingerprint density at radius 3 is 2.88 bits per heavy atom. The second-order valence-corrected chi connectivity index (χ2v) is 2.87. The summed E-state index contributed by atoms with van der Waals surface area (Å²) >= 11 is 0. The largest absolute Gasteiger partial charge is 0.504 e. The van der Waals surface area contributed by atoms with Crippen molar-refractivity contribution >= 4 is 12.0 Å². The highest BCUT2D eigenvalue weighted by Crippen LogP contribution is 2.26. The first kappa shape index (κ1) is 11.8. The Kier molecular flexibility index (Phi) is 4.15. The molecule has 0 heterocycles. The van der Waals surface area contributed by atoms with Crippen molar-refractivity contribution in [3.8, 4) is 11.5 Å². The number of methoxy groups -OCH3 is 1. The van der Waals surface area contributed by atoms with Crippen LogP contribution in [0.1, 0.15) is 5.56 Å². The maximum Gasteiger partial charge on any atom is 0.335 e. The van der Waals surface area contributed by atoms with Gasteiger partial charge < -0.3 is 14.6 Å². The molecule has 4 heteroatoms. The molecule has 1 aromatic carbocycles. The van der Waals surface area contributed by atoms with Crippen molar-refractivity contribution in [3.05, 3.63) is 42.7 Å². The van der Waals surface area contributed by atoms with Gasteiger partial charge in [-0.1, -0.05) is 12.6 Å². The average Bonchev–Trinajstić information content (AvgIpc) is 2.28. The van der Waals surface area contributed by atoms with Gasteiger partial charge in [0.15, 0.2) is 11.5 Å². The number of phenolic OH excluding ortho intramolecular Hbond substituents is 1. The van der Waals surface area contributed by atoms with Crippen LogP contribution < -0.4 is 4.74 Å². The molecule has 1 N–H and O–H groups in total. The van der Waals surface area contributed by atoms with E-state index in [2.05, 4.69) is 11.3 Å². The van der Waals surface area contributed by atoms with Crippen molar-refractivity contribution in [1.82, 2.24) is 0 Å². The van der Waals surface area contributed by atoms with Crippen LogP contribution in [0.5, 0.6) is 11.5 Å². The molecule has 0 fully saturated rings. The molecule has 0 aliphatic carbocycles. The number of benzene rings is 1. The maximum atomic E-state index is 11.0. The van der Waals surface area contributed by atoms with Crippen LogP contribution in [0.4, 0.5) is 0 Å². The molecule has 0 radical (unpaired) electrons. The number of esters is 1. The number of phenols is 1. The van der Waals surface area contributed by atoms with E-state index in [9.17, 15) is 9.90 Å². The van der Waals surface area contributed by atoms with Crippen LogP contribution in [-0.2, 0) is 9.53 Å². The molecule has 0 aliphatic rings. The molecule has 1 rings (SSSR count). The number of carbonyl (C=O) groups excluding carboxylic acids is 1. The average molecular weight is 220 g/mol. The SMILES string of the molecule is C=COC(=O)/C=C/c1ccc(O)c(OC)c1. The van der Waals surface area contributed by atoms with Gasteiger partial charge in [-0.05, 0) is 23.8 Å². The highest BCUT2D eigenvalue weighted by Gasteiger charge is 2.01. The van der Waals surface area contributed by atoms with Crippen LogP contribution in [0.2, 0.25) is 0 Å². The van der Waals surface area contributed by atoms with Crippen molar-refractivity contribution in [3.63, 3.8) is 0 Å². The Bertz CT molecular complexity index is 421. The molecule has 16 heavy (non-hydrogen) atoms. The highest BCUT2D eigenvalue weighted by molar-refractivity contribution is 5.87. The van der Waals surface area contributed by atoms with E-state index in [0.29, 0.717) is 5.75 Å². The summed E-state index contributed by atoms with van der Waals surface area (Å²) in [4.78, 5) is 11.0. The number of rotatable bonds is 4. The van der Waals surface area contributed by atoms with Gasteiger partial charge >= 0.3 is 5.97 Å². The minimum atomic E-state index is -0.512. The van der Waals surface area contributed by atoms with Crippen LogP contribution in [-0.4, -0.2) is 18.2 Å². The van der Waals surface area contributed by atoms with Crippen molar-refractivity contribution < 1.29 is 19.4 Å². The molecular formula is C12H12O4. The zero-order valence-corrected chi connectivity index (χ0v) is 8.84. The molecule has 0 amide bonds. The molecular weight excluding hydrogens is 208 g/mol. The van der Waals surface area contributed by atoms with Gasteiger partial charge in [-0.25, -0.2) is 4.79 Å². The minimum absolute atomic E-state index is 0.0494. The van der Waals surface area contributed by atoms with Crippen LogP contribution in [0, 0.1) is 0 Å². The lowest BCUT2D eigenvalue weighted by Crippen LogP contribution is -1.92. The lowest BCUT2D eigenvalue weighted by molar-refractivity contribution is -0.132. The third-order valence-electron chi connectivity index (χ3n) is 1.82. The molecule has 4 nitrogen and oxygen atoms in total. The van der Waals surface area contributed by atoms with Gasteiger partial charge in [0, 0.05) is 6.08 Å². The van der Waals surface area contributed by atoms with Gasteiger partial charge in [-0.2, -0.15) is 0 Å². The third kappa shape index (κ3) is 3.16. The molecule has 0 saturated heterocycles. The predicted octanol–water partition coefficient (Wildman–Crippen LogP) is 2.10. The number of hydrogen-bond acceptors (Lipinski definition) is 4. The lowest BCUT2D eigenvalue weighted by Gasteiger charge is -2.03. The summed E-state index contributed by atoms with van der Waals surface area (Å²) in [6.07, 6.45) is 3.87. The fourth-order valence-electron chi connectivity index (χ4n) is 1.08. The Hall–Kier alpha value is -2.23. The molecule has 0 unspecified atom stereocenters. The van der Waals surface area contributed by atoms with Gasteiger partial charge in [0.1, 0.15) is 0 Å². The fraction of sp³-hybridized carbons (Fsp3) is 0.0833. The molecule has 1 aromatic rings. The van der Waals surface area contributed by atoms with Crippen LogP contribution in [0.3, 0.4) is 0 Å². The third-order valence-corrected chi connectivity index (χ3v) is 1.82. The molecule has 84 valence electrons. The molecule has 0 aromatic heterocycles. The van der Waals surface area contributed by atoms with Crippen LogP contribution in [0.25, 0.3) is 6.08 Å². The first-order valence-corrected chi connectivity index (χ1v) is 4.54. The summed E-state index contributed by atoms with van der Waals surface area (Å²) in [6.45, 7) is 3.26. The molecule has 0 bridgehead atoms. The molecule has 0 spiro atoms. The van der Waals surface area contributed by atoms with E-state index in [1.165, 1.54) is 19.3 Å². The van der Waals surface area contributed by atoms with Gasteiger partial charge in [-0.15, -0.1) is 0 Å². The zero-order valence-electron chi connectivity index (χ0n) is 8.84. The second kappa shape index (κ2) is 5.60. The smallest absolute Gasteiger partial charge is 0.335 e. The summed E-state index contributed by atoms with van der Waals surface area (Å²) in [6, 6.07) is 4.74. The van der Waals surface area contributed by atoms with Crippen molar-refractivity contribution in [2.45, 2.75) is 0 Å². The standard InChI is InChI=1S/C12H12O4/c1-3-16-12(14)7-5-9-4-6-10(13)11(8-9)15-2/h3-8,13H,1H2,2H3/b7-5+. The molecule has 0 aliphatic heterocycles. The van der Waals surface area contributed by atoms with Crippen molar-refractivity contribution in [2.24, 2.45) is 0 Å². The summed E-state index contributed by atoms with van der Waals surface area (Å²) in [5.74, 6) is -0.116. The van der Waals surface area contributed by atoms with Crippen molar-refractivity contribution in [2.75, 3.05) is 7.11 Å². The normalized spacial score (nSPS) is 10.1. The fourth-order valence-corrected chi connectivity index (χ4v) is 1.08. The Morgan fingerprint density at radius 1 is 1.50 bits per heavy atom. The number of aromatic hydroxyl groups is 1. The van der Waals surface area contributed by atoms with Gasteiger partial charge in [0.2, 0.25) is 0 Å². The quantitative estimate of drug-likeness (QED) is 0.479. The first-order chi connectivity index (χ1) is 7.67. The van der Waals surface area contributed by atoms with Crippen LogP contribution in [0.15, 0.2) is 37.1 Å². The number of hydrogen-bond donors (Lipinski definition) is 1. The first-order valence-electron chi connectivity index (χ1n) is 4.54. The van der Waals surface area contributed by atoms with E-state index in [1.54, 1.807) is 18.2 Å². The Morgan fingerprint density at radius 2 is 2.25 bits per heavy atom. The lowest BCUT2D eigenvalue weighted by atomic mass is 10.2. The number of carbonyl (C=O) groups is 1. The van der Waals surface area contributed by atoms with Gasteiger partial charge in [0.05, 0.1) is 13.4 Å². The van der Waals surface area contributed by atoms with E-state index in [0.717, 1.165) is 11.8 Å². The van der Waals surface area contributed by atoms with Gasteiger partial charge in [-0.3, -0.25) is 0 Å². The van der Waals surface area contributed by atoms with Gasteiger partial charge in [0.25, 0.3) is 0 Å². The molecule has 0 saturated carbocycles. The predicted molar refractivity (Wildman–Crippen MR) is 60.0 cm³/mol. The van der Waals surface area contributed by atoms with E-state index in [4.69, 9.17) is 4.74 Å². The topological polar surface area (TPSA) is 55.8 Å². The van der Waals surface area contributed by atoms with E-state index >= 15 is 0 Å².